The van der Waals surface area contributed by atoms with Crippen molar-refractivity contribution in [2.45, 2.75) is 40.5 Å². The predicted molar refractivity (Wildman–Crippen MR) is 110 cm³/mol. The van der Waals surface area contributed by atoms with Crippen molar-refractivity contribution < 1.29 is 0 Å². The molecule has 1 unspecified atom stereocenters. The van der Waals surface area contributed by atoms with Gasteiger partial charge in [-0.25, -0.2) is 0 Å². The van der Waals surface area contributed by atoms with E-state index in [0.717, 1.165) is 5.57 Å². The van der Waals surface area contributed by atoms with E-state index in [1.54, 1.807) is 0 Å². The number of hydrogen-bond acceptors (Lipinski definition) is 0. The lowest BCUT2D eigenvalue weighted by Gasteiger charge is -2.13. The van der Waals surface area contributed by atoms with Crippen molar-refractivity contribution in [3.05, 3.63) is 102 Å². The molecule has 0 radical (unpaired) electrons. The quantitative estimate of drug-likeness (QED) is 0.459. The normalized spacial score (nSPS) is 13.8. The van der Waals surface area contributed by atoms with Crippen LogP contribution in [0.2, 0.25) is 0 Å². The summed E-state index contributed by atoms with van der Waals surface area (Å²) in [5.74, 6) is 0.367. The van der Waals surface area contributed by atoms with Crippen LogP contribution in [0.3, 0.4) is 0 Å². The van der Waals surface area contributed by atoms with E-state index in [-0.39, 0.29) is 0 Å². The highest BCUT2D eigenvalue weighted by Crippen LogP contribution is 2.26. The molecule has 0 bridgehead atoms. The van der Waals surface area contributed by atoms with Crippen LogP contribution >= 0.6 is 0 Å². The summed E-state index contributed by atoms with van der Waals surface area (Å²) in [7, 11) is 0. The van der Waals surface area contributed by atoms with E-state index >= 15 is 0 Å². The van der Waals surface area contributed by atoms with Crippen LogP contribution in [0.4, 0.5) is 0 Å². The molecule has 0 spiro atoms. The van der Waals surface area contributed by atoms with Crippen LogP contribution in [-0.4, -0.2) is 0 Å². The van der Waals surface area contributed by atoms with Gasteiger partial charge in [0.05, 0.1) is 0 Å². The Labute approximate surface area is 148 Å². The van der Waals surface area contributed by atoms with Crippen LogP contribution in [-0.2, 0) is 0 Å². The molecular formula is C24H30. The Morgan fingerprint density at radius 3 is 2.29 bits per heavy atom. The summed E-state index contributed by atoms with van der Waals surface area (Å²) in [6, 6.07) is 8.62. The molecule has 1 aromatic carbocycles. The van der Waals surface area contributed by atoms with E-state index < -0.39 is 0 Å². The molecule has 0 aromatic heterocycles. The highest BCUT2D eigenvalue weighted by Gasteiger charge is 2.08. The molecule has 0 saturated heterocycles. The van der Waals surface area contributed by atoms with Gasteiger partial charge in [-0.2, -0.15) is 0 Å². The molecule has 0 saturated carbocycles. The van der Waals surface area contributed by atoms with E-state index in [1.807, 2.05) is 13.0 Å². The van der Waals surface area contributed by atoms with Crippen molar-refractivity contribution in [2.24, 2.45) is 0 Å². The van der Waals surface area contributed by atoms with Gasteiger partial charge < -0.3 is 0 Å². The Hall–Kier alpha value is -2.34. The number of allylic oxidation sites excluding steroid dienone is 11. The molecule has 0 amide bonds. The lowest BCUT2D eigenvalue weighted by molar-refractivity contribution is 0.961. The monoisotopic (exact) mass is 318 g/mol. The molecule has 126 valence electrons. The fourth-order valence-electron chi connectivity index (χ4n) is 2.35. The summed E-state index contributed by atoms with van der Waals surface area (Å²) in [6.45, 7) is 14.5. The van der Waals surface area contributed by atoms with Crippen LogP contribution in [0.15, 0.2) is 90.6 Å². The van der Waals surface area contributed by atoms with Gasteiger partial charge in [0.15, 0.2) is 0 Å². The standard InChI is InChI=1S/C24H30/c1-19(2)13-8-7-9-15-21(5)23-17-10-11-18-24(23)22(6)16-12-14-20(3)4/h7-18,21H,3H2,1-2,4-6H3/b8-7-,14-12-,15-9?,22-16+. The van der Waals surface area contributed by atoms with Gasteiger partial charge in [-0.05, 0) is 50.3 Å². The van der Waals surface area contributed by atoms with Gasteiger partial charge in [0, 0.05) is 0 Å². The van der Waals surface area contributed by atoms with Crippen molar-refractivity contribution in [1.29, 1.82) is 0 Å². The average Bonchev–Trinajstić information content (AvgIpc) is 2.53. The highest BCUT2D eigenvalue weighted by molar-refractivity contribution is 5.68. The fourth-order valence-corrected chi connectivity index (χ4v) is 2.35. The van der Waals surface area contributed by atoms with Crippen molar-refractivity contribution in [2.75, 3.05) is 0 Å². The zero-order valence-electron chi connectivity index (χ0n) is 15.7. The summed E-state index contributed by atoms with van der Waals surface area (Å²) in [5, 5.41) is 0. The second-order valence-electron chi connectivity index (χ2n) is 6.44. The van der Waals surface area contributed by atoms with Crippen molar-refractivity contribution in [3.8, 4) is 0 Å². The maximum atomic E-state index is 3.89. The summed E-state index contributed by atoms with van der Waals surface area (Å²) < 4.78 is 0. The molecule has 0 heterocycles. The third kappa shape index (κ3) is 7.28. The molecule has 0 nitrogen and oxygen atoms in total. The Balaban J connectivity index is 2.96. The lowest BCUT2D eigenvalue weighted by atomic mass is 9.91. The van der Waals surface area contributed by atoms with E-state index in [0.29, 0.717) is 5.92 Å². The first-order valence-corrected chi connectivity index (χ1v) is 8.50. The van der Waals surface area contributed by atoms with Gasteiger partial charge in [0.1, 0.15) is 0 Å². The van der Waals surface area contributed by atoms with Crippen LogP contribution in [0.5, 0.6) is 0 Å². The second kappa shape index (κ2) is 10.4. The zero-order valence-corrected chi connectivity index (χ0v) is 15.7. The first-order valence-electron chi connectivity index (χ1n) is 8.50. The van der Waals surface area contributed by atoms with E-state index in [2.05, 4.69) is 101 Å². The molecule has 24 heavy (non-hydrogen) atoms. The SMILES string of the molecule is C=C(C)/C=C\C=C(/C)c1ccccc1C(C)C=C/C=C\C=C(C)C. The van der Waals surface area contributed by atoms with Gasteiger partial charge in [-0.15, -0.1) is 0 Å². The molecule has 1 aromatic rings. The molecule has 1 rings (SSSR count). The minimum absolute atomic E-state index is 0.367. The van der Waals surface area contributed by atoms with Crippen LogP contribution < -0.4 is 0 Å². The molecule has 0 fully saturated rings. The largest absolute Gasteiger partial charge is 0.0961 e. The van der Waals surface area contributed by atoms with Crippen molar-refractivity contribution in [3.63, 3.8) is 0 Å². The summed E-state index contributed by atoms with van der Waals surface area (Å²) >= 11 is 0. The molecule has 0 heteroatoms. The van der Waals surface area contributed by atoms with E-state index in [4.69, 9.17) is 0 Å². The maximum absolute atomic E-state index is 3.89. The number of benzene rings is 1. The first-order chi connectivity index (χ1) is 11.4. The Kier molecular flexibility index (Phi) is 8.57. The molecule has 0 N–H and O–H groups in total. The predicted octanol–water partition coefficient (Wildman–Crippen LogP) is 7.40. The fraction of sp³-hybridized carbons (Fsp3) is 0.250. The summed E-state index contributed by atoms with van der Waals surface area (Å²) in [5.41, 5.74) is 6.29. The Bertz CT molecular complexity index is 687. The smallest absolute Gasteiger partial charge is 0.000129 e. The minimum Gasteiger partial charge on any atom is -0.0961 e. The van der Waals surface area contributed by atoms with Crippen LogP contribution in [0.25, 0.3) is 5.57 Å². The van der Waals surface area contributed by atoms with Gasteiger partial charge in [-0.3, -0.25) is 0 Å². The number of rotatable bonds is 7. The van der Waals surface area contributed by atoms with Crippen LogP contribution in [0.1, 0.15) is 51.7 Å². The first kappa shape index (κ1) is 19.7. The van der Waals surface area contributed by atoms with Crippen molar-refractivity contribution >= 4 is 5.57 Å². The third-order valence-corrected chi connectivity index (χ3v) is 3.65. The molecule has 1 atom stereocenters. The van der Waals surface area contributed by atoms with Gasteiger partial charge in [0.25, 0.3) is 0 Å². The van der Waals surface area contributed by atoms with Crippen LogP contribution in [0, 0.1) is 0 Å². The van der Waals surface area contributed by atoms with E-state index in [9.17, 15) is 0 Å². The minimum atomic E-state index is 0.367. The van der Waals surface area contributed by atoms with Crippen molar-refractivity contribution in [1.82, 2.24) is 0 Å². The average molecular weight is 319 g/mol. The van der Waals surface area contributed by atoms with Gasteiger partial charge >= 0.3 is 0 Å². The van der Waals surface area contributed by atoms with E-state index in [1.165, 1.54) is 22.3 Å². The maximum Gasteiger partial charge on any atom is -0.000129 e. The third-order valence-electron chi connectivity index (χ3n) is 3.65. The summed E-state index contributed by atoms with van der Waals surface area (Å²) in [6.07, 6.45) is 16.9. The van der Waals surface area contributed by atoms with Gasteiger partial charge in [0.2, 0.25) is 0 Å². The number of hydrogen-bond donors (Lipinski definition) is 0. The second-order valence-corrected chi connectivity index (χ2v) is 6.44. The van der Waals surface area contributed by atoms with Gasteiger partial charge in [-0.1, -0.05) is 97.5 Å². The molecule has 0 aliphatic heterocycles. The molecular weight excluding hydrogens is 288 g/mol. The highest BCUT2D eigenvalue weighted by atomic mass is 14.1. The topological polar surface area (TPSA) is 0 Å². The Morgan fingerprint density at radius 1 is 0.917 bits per heavy atom. The molecule has 0 aliphatic carbocycles. The zero-order chi connectivity index (χ0) is 17.9. The Morgan fingerprint density at radius 2 is 1.62 bits per heavy atom. The summed E-state index contributed by atoms with van der Waals surface area (Å²) in [4.78, 5) is 0. The molecule has 0 aliphatic rings. The lowest BCUT2D eigenvalue weighted by Crippen LogP contribution is -1.95.